The van der Waals surface area contributed by atoms with Crippen LogP contribution in [-0.4, -0.2) is 21.7 Å². The minimum Gasteiger partial charge on any atom is -0.463 e. The van der Waals surface area contributed by atoms with E-state index in [4.69, 9.17) is 9.73 Å². The average Bonchev–Trinajstić information content (AvgIpc) is 3.50. The van der Waals surface area contributed by atoms with Crippen LogP contribution in [-0.2, 0) is 9.53 Å². The number of rotatable bonds is 7. The minimum absolute atomic E-state index is 0.178. The third kappa shape index (κ3) is 5.64. The van der Waals surface area contributed by atoms with E-state index in [9.17, 15) is 9.59 Å². The third-order valence-corrected chi connectivity index (χ3v) is 9.41. The number of aromatic nitrogens is 2. The summed E-state index contributed by atoms with van der Waals surface area (Å²) in [5, 5.41) is 0. The summed E-state index contributed by atoms with van der Waals surface area (Å²) >= 11 is 1.35. The van der Waals surface area contributed by atoms with Crippen LogP contribution < -0.4 is 14.9 Å². The Bertz CT molecular complexity index is 2100. The van der Waals surface area contributed by atoms with Crippen LogP contribution in [0.4, 0.5) is 0 Å². The molecular weight excluding hydrogens is 579 g/mol. The first-order valence-corrected chi connectivity index (χ1v) is 16.1. The Hall–Kier alpha value is -4.75. The lowest BCUT2D eigenvalue weighted by Crippen LogP contribution is -2.39. The SMILES string of the molecule is CCOC(=O)C1=C(C)N=c2s/c(=C\c3cc(C)n(-c4ccc(-c5ccccc5)cc4)c3C)c(=O)n2[C@@H]1c1ccc(C(C)C)cc1. The first kappa shape index (κ1) is 30.3. The molecule has 6 nitrogen and oxygen atoms in total. The second-order valence-electron chi connectivity index (χ2n) is 11.7. The monoisotopic (exact) mass is 615 g/mol. The van der Waals surface area contributed by atoms with Gasteiger partial charge in [0.25, 0.3) is 5.56 Å². The van der Waals surface area contributed by atoms with Crippen molar-refractivity contribution in [3.8, 4) is 16.8 Å². The highest BCUT2D eigenvalue weighted by Crippen LogP contribution is 2.32. The number of hydrogen-bond donors (Lipinski definition) is 0. The summed E-state index contributed by atoms with van der Waals surface area (Å²) in [7, 11) is 0. The van der Waals surface area contributed by atoms with Crippen molar-refractivity contribution in [2.45, 2.75) is 53.5 Å². The van der Waals surface area contributed by atoms with Crippen molar-refractivity contribution in [3.63, 3.8) is 0 Å². The van der Waals surface area contributed by atoms with Crippen LogP contribution in [0.25, 0.3) is 22.9 Å². The topological polar surface area (TPSA) is 65.6 Å². The van der Waals surface area contributed by atoms with E-state index in [1.165, 1.54) is 22.5 Å². The third-order valence-electron chi connectivity index (χ3n) is 8.43. The van der Waals surface area contributed by atoms with Crippen LogP contribution in [0.3, 0.4) is 0 Å². The molecule has 0 N–H and O–H groups in total. The van der Waals surface area contributed by atoms with Gasteiger partial charge in [-0.25, -0.2) is 9.79 Å². The molecule has 0 unspecified atom stereocenters. The Morgan fingerprint density at radius 1 is 0.956 bits per heavy atom. The molecule has 0 amide bonds. The molecule has 0 saturated carbocycles. The van der Waals surface area contributed by atoms with E-state index in [0.29, 0.717) is 26.5 Å². The van der Waals surface area contributed by atoms with Crippen LogP contribution in [0.5, 0.6) is 0 Å². The molecule has 1 aliphatic heterocycles. The van der Waals surface area contributed by atoms with Gasteiger partial charge in [0, 0.05) is 17.1 Å². The van der Waals surface area contributed by atoms with Crippen molar-refractivity contribution in [2.24, 2.45) is 4.99 Å². The molecule has 2 aromatic heterocycles. The summed E-state index contributed by atoms with van der Waals surface area (Å²) in [6.07, 6.45) is 1.95. The van der Waals surface area contributed by atoms with E-state index in [1.807, 2.05) is 43.3 Å². The van der Waals surface area contributed by atoms with Crippen molar-refractivity contribution in [1.29, 1.82) is 0 Å². The van der Waals surface area contributed by atoms with Crippen LogP contribution in [0.15, 0.2) is 106 Å². The smallest absolute Gasteiger partial charge is 0.338 e. The number of allylic oxidation sites excluding steroid dienone is 1. The number of carbonyl (C=O) groups is 1. The van der Waals surface area contributed by atoms with Crippen LogP contribution >= 0.6 is 11.3 Å². The number of nitrogens with zero attached hydrogens (tertiary/aromatic N) is 3. The summed E-state index contributed by atoms with van der Waals surface area (Å²) < 4.78 is 9.88. The lowest BCUT2D eigenvalue weighted by Gasteiger charge is -2.25. The highest BCUT2D eigenvalue weighted by atomic mass is 32.1. The normalized spacial score (nSPS) is 14.9. The Labute approximate surface area is 267 Å². The lowest BCUT2D eigenvalue weighted by atomic mass is 9.93. The fourth-order valence-corrected chi connectivity index (χ4v) is 7.11. The van der Waals surface area contributed by atoms with Gasteiger partial charge in [-0.2, -0.15) is 0 Å². The highest BCUT2D eigenvalue weighted by Gasteiger charge is 2.33. The van der Waals surface area contributed by atoms with E-state index in [-0.39, 0.29) is 12.2 Å². The molecule has 45 heavy (non-hydrogen) atoms. The number of esters is 1. The van der Waals surface area contributed by atoms with Gasteiger partial charge in [-0.05, 0) is 85.7 Å². The van der Waals surface area contributed by atoms with Crippen molar-refractivity contribution in [1.82, 2.24) is 9.13 Å². The molecular formula is C38H37N3O3S. The quantitative estimate of drug-likeness (QED) is 0.185. The highest BCUT2D eigenvalue weighted by molar-refractivity contribution is 7.07. The largest absolute Gasteiger partial charge is 0.463 e. The maximum absolute atomic E-state index is 14.2. The van der Waals surface area contributed by atoms with Crippen molar-refractivity contribution >= 4 is 23.4 Å². The van der Waals surface area contributed by atoms with Gasteiger partial charge >= 0.3 is 5.97 Å². The molecule has 3 aromatic carbocycles. The number of carbonyl (C=O) groups excluding carboxylic acids is 1. The summed E-state index contributed by atoms with van der Waals surface area (Å²) in [6.45, 7) is 12.3. The van der Waals surface area contributed by atoms with Gasteiger partial charge in [0.1, 0.15) is 0 Å². The van der Waals surface area contributed by atoms with Crippen LogP contribution in [0.2, 0.25) is 0 Å². The van der Waals surface area contributed by atoms with Crippen molar-refractivity contribution in [3.05, 3.63) is 144 Å². The number of ether oxygens (including phenoxy) is 1. The van der Waals surface area contributed by atoms with Crippen molar-refractivity contribution in [2.75, 3.05) is 6.61 Å². The van der Waals surface area contributed by atoms with Gasteiger partial charge in [-0.15, -0.1) is 0 Å². The molecule has 0 saturated heterocycles. The van der Waals surface area contributed by atoms with Crippen LogP contribution in [0, 0.1) is 13.8 Å². The Morgan fingerprint density at radius 3 is 2.27 bits per heavy atom. The Morgan fingerprint density at radius 2 is 1.62 bits per heavy atom. The average molecular weight is 616 g/mol. The predicted octanol–water partition coefficient (Wildman–Crippen LogP) is 7.00. The van der Waals surface area contributed by atoms with E-state index < -0.39 is 12.0 Å². The molecule has 3 heterocycles. The summed E-state index contributed by atoms with van der Waals surface area (Å²) in [6, 6.07) is 28.5. The first-order chi connectivity index (χ1) is 21.7. The van der Waals surface area contributed by atoms with Crippen molar-refractivity contribution < 1.29 is 9.53 Å². The number of benzene rings is 3. The number of thiazole rings is 1. The fourth-order valence-electron chi connectivity index (χ4n) is 6.08. The summed E-state index contributed by atoms with van der Waals surface area (Å²) in [4.78, 5) is 32.7. The zero-order valence-electron chi connectivity index (χ0n) is 26.5. The molecule has 0 radical (unpaired) electrons. The molecule has 0 fully saturated rings. The molecule has 1 aliphatic rings. The molecule has 0 aliphatic carbocycles. The van der Waals surface area contributed by atoms with Gasteiger partial charge < -0.3 is 9.30 Å². The lowest BCUT2D eigenvalue weighted by molar-refractivity contribution is -0.139. The van der Waals surface area contributed by atoms with E-state index in [2.05, 4.69) is 86.9 Å². The van der Waals surface area contributed by atoms with Crippen LogP contribution in [0.1, 0.15) is 67.7 Å². The van der Waals surface area contributed by atoms with Gasteiger partial charge in [0.05, 0.1) is 28.5 Å². The van der Waals surface area contributed by atoms with Gasteiger partial charge in [-0.1, -0.05) is 91.9 Å². The zero-order valence-corrected chi connectivity index (χ0v) is 27.3. The second-order valence-corrected chi connectivity index (χ2v) is 12.7. The molecule has 6 rings (SSSR count). The minimum atomic E-state index is -0.626. The van der Waals surface area contributed by atoms with Gasteiger partial charge in [-0.3, -0.25) is 9.36 Å². The summed E-state index contributed by atoms with van der Waals surface area (Å²) in [5.74, 6) is -0.0866. The Balaban J connectivity index is 1.44. The van der Waals surface area contributed by atoms with Gasteiger partial charge in [0.2, 0.25) is 0 Å². The molecule has 0 bridgehead atoms. The number of hydrogen-bond acceptors (Lipinski definition) is 5. The van der Waals surface area contributed by atoms with Gasteiger partial charge in [0.15, 0.2) is 4.80 Å². The maximum Gasteiger partial charge on any atom is 0.338 e. The zero-order chi connectivity index (χ0) is 31.8. The second kappa shape index (κ2) is 12.3. The fraction of sp³-hybridized carbons (Fsp3) is 0.237. The number of fused-ring (bicyclic) bond motifs is 1. The first-order valence-electron chi connectivity index (χ1n) is 15.3. The van der Waals surface area contributed by atoms with E-state index in [1.54, 1.807) is 11.5 Å². The molecule has 0 spiro atoms. The molecule has 5 aromatic rings. The summed E-state index contributed by atoms with van der Waals surface area (Å²) in [5.41, 5.74) is 9.29. The molecule has 228 valence electrons. The Kier molecular flexibility index (Phi) is 8.30. The van der Waals surface area contributed by atoms with E-state index in [0.717, 1.165) is 33.8 Å². The molecule has 1 atom stereocenters. The predicted molar refractivity (Wildman–Crippen MR) is 182 cm³/mol. The number of aryl methyl sites for hydroxylation is 1. The van der Waals surface area contributed by atoms with E-state index >= 15 is 0 Å². The molecule has 7 heteroatoms. The standard InChI is InChI=1S/C38H37N3O3S/c1-7-44-37(43)34-25(5)39-38-41(35(34)30-15-13-27(14-16-30)23(2)3)36(42)33(45-38)22-31-21-24(4)40(26(31)6)32-19-17-29(18-20-32)28-11-9-8-10-12-28/h8-23,35H,7H2,1-6H3/b33-22-/t35-/m1/s1. The maximum atomic E-state index is 14.2.